The van der Waals surface area contributed by atoms with Crippen molar-refractivity contribution in [3.63, 3.8) is 0 Å². The van der Waals surface area contributed by atoms with Gasteiger partial charge in [0.25, 0.3) is 0 Å². The SMILES string of the molecule is CC(=O)N1CCN[C@@H](CN2CCCC2)C1. The predicted molar refractivity (Wildman–Crippen MR) is 59.7 cm³/mol. The van der Waals surface area contributed by atoms with E-state index in [1.807, 2.05) is 4.90 Å². The van der Waals surface area contributed by atoms with Crippen LogP contribution in [0.2, 0.25) is 0 Å². The smallest absolute Gasteiger partial charge is 0.219 e. The fraction of sp³-hybridized carbons (Fsp3) is 0.909. The Morgan fingerprint density at radius 3 is 2.73 bits per heavy atom. The summed E-state index contributed by atoms with van der Waals surface area (Å²) in [7, 11) is 0. The molecule has 1 atom stereocenters. The Morgan fingerprint density at radius 2 is 2.07 bits per heavy atom. The number of amides is 1. The fourth-order valence-corrected chi connectivity index (χ4v) is 2.51. The summed E-state index contributed by atoms with van der Waals surface area (Å²) in [5.74, 6) is 0.211. The first-order valence-corrected chi connectivity index (χ1v) is 5.97. The Bertz CT molecular complexity index is 226. The van der Waals surface area contributed by atoms with Crippen LogP contribution in [0.25, 0.3) is 0 Å². The van der Waals surface area contributed by atoms with Crippen molar-refractivity contribution in [1.29, 1.82) is 0 Å². The van der Waals surface area contributed by atoms with E-state index in [-0.39, 0.29) is 5.91 Å². The number of piperazine rings is 1. The Balaban J connectivity index is 1.79. The largest absolute Gasteiger partial charge is 0.340 e. The molecule has 0 aliphatic carbocycles. The number of carbonyl (C=O) groups excluding carboxylic acids is 1. The van der Waals surface area contributed by atoms with Crippen molar-refractivity contribution in [3.05, 3.63) is 0 Å². The highest BCUT2D eigenvalue weighted by Crippen LogP contribution is 2.09. The van der Waals surface area contributed by atoms with E-state index in [0.29, 0.717) is 6.04 Å². The number of nitrogens with one attached hydrogen (secondary N) is 1. The molecule has 1 amide bonds. The lowest BCUT2D eigenvalue weighted by molar-refractivity contribution is -0.130. The zero-order chi connectivity index (χ0) is 10.7. The molecule has 2 heterocycles. The van der Waals surface area contributed by atoms with Gasteiger partial charge >= 0.3 is 0 Å². The molecule has 4 nitrogen and oxygen atoms in total. The molecule has 2 saturated heterocycles. The van der Waals surface area contributed by atoms with Crippen LogP contribution in [0.3, 0.4) is 0 Å². The maximum atomic E-state index is 11.3. The van der Waals surface area contributed by atoms with Crippen LogP contribution in [0, 0.1) is 0 Å². The maximum Gasteiger partial charge on any atom is 0.219 e. The maximum absolute atomic E-state index is 11.3. The van der Waals surface area contributed by atoms with Crippen LogP contribution in [0.4, 0.5) is 0 Å². The Labute approximate surface area is 91.6 Å². The number of nitrogens with zero attached hydrogens (tertiary/aromatic N) is 2. The van der Waals surface area contributed by atoms with Crippen LogP contribution in [0.5, 0.6) is 0 Å². The third-order valence-electron chi connectivity index (χ3n) is 3.38. The molecule has 15 heavy (non-hydrogen) atoms. The average Bonchev–Trinajstić information content (AvgIpc) is 2.71. The summed E-state index contributed by atoms with van der Waals surface area (Å²) in [6.45, 7) is 7.92. The first-order valence-electron chi connectivity index (χ1n) is 5.97. The van der Waals surface area contributed by atoms with E-state index >= 15 is 0 Å². The van der Waals surface area contributed by atoms with Crippen molar-refractivity contribution in [1.82, 2.24) is 15.1 Å². The molecular formula is C11H21N3O. The van der Waals surface area contributed by atoms with Crippen LogP contribution >= 0.6 is 0 Å². The zero-order valence-corrected chi connectivity index (χ0v) is 9.54. The van der Waals surface area contributed by atoms with Crippen LogP contribution in [0.15, 0.2) is 0 Å². The van der Waals surface area contributed by atoms with Crippen molar-refractivity contribution in [2.75, 3.05) is 39.3 Å². The minimum absolute atomic E-state index is 0.211. The predicted octanol–water partition coefficient (Wildman–Crippen LogP) is -0.0975. The molecule has 0 unspecified atom stereocenters. The summed E-state index contributed by atoms with van der Waals surface area (Å²) in [5.41, 5.74) is 0. The summed E-state index contributed by atoms with van der Waals surface area (Å²) in [6, 6.07) is 0.473. The minimum atomic E-state index is 0.211. The molecule has 1 N–H and O–H groups in total. The molecule has 86 valence electrons. The van der Waals surface area contributed by atoms with Gasteiger partial charge in [0.15, 0.2) is 0 Å². The third-order valence-corrected chi connectivity index (χ3v) is 3.38. The molecule has 0 spiro atoms. The second-order valence-corrected chi connectivity index (χ2v) is 4.62. The molecule has 2 fully saturated rings. The zero-order valence-electron chi connectivity index (χ0n) is 9.54. The standard InChI is InChI=1S/C11H21N3O/c1-10(15)14-7-4-12-11(9-14)8-13-5-2-3-6-13/h11-12H,2-9H2,1H3/t11-/m0/s1. The van der Waals surface area contributed by atoms with E-state index < -0.39 is 0 Å². The highest BCUT2D eigenvalue weighted by atomic mass is 16.2. The lowest BCUT2D eigenvalue weighted by atomic mass is 10.2. The Morgan fingerprint density at radius 1 is 1.33 bits per heavy atom. The number of hydrogen-bond acceptors (Lipinski definition) is 3. The molecule has 0 aromatic heterocycles. The van der Waals surface area contributed by atoms with Gasteiger partial charge < -0.3 is 15.1 Å². The Hall–Kier alpha value is -0.610. The van der Waals surface area contributed by atoms with Gasteiger partial charge in [-0.3, -0.25) is 4.79 Å². The van der Waals surface area contributed by atoms with Gasteiger partial charge in [0.05, 0.1) is 0 Å². The first kappa shape index (κ1) is 10.9. The van der Waals surface area contributed by atoms with Gasteiger partial charge in [0.1, 0.15) is 0 Å². The first-order chi connectivity index (χ1) is 7.25. The molecular weight excluding hydrogens is 190 g/mol. The summed E-state index contributed by atoms with van der Waals surface area (Å²) >= 11 is 0. The second kappa shape index (κ2) is 4.94. The Kier molecular flexibility index (Phi) is 3.59. The van der Waals surface area contributed by atoms with Gasteiger partial charge in [-0.25, -0.2) is 0 Å². The monoisotopic (exact) mass is 211 g/mol. The van der Waals surface area contributed by atoms with Crippen LogP contribution < -0.4 is 5.32 Å². The lowest BCUT2D eigenvalue weighted by Crippen LogP contribution is -2.55. The van der Waals surface area contributed by atoms with Gasteiger partial charge in [-0.1, -0.05) is 0 Å². The van der Waals surface area contributed by atoms with Gasteiger partial charge in [0, 0.05) is 39.1 Å². The molecule has 0 aromatic rings. The van der Waals surface area contributed by atoms with Crippen LogP contribution in [-0.4, -0.2) is 61.0 Å². The number of carbonyl (C=O) groups is 1. The van der Waals surface area contributed by atoms with Crippen molar-refractivity contribution in [3.8, 4) is 0 Å². The summed E-state index contributed by atoms with van der Waals surface area (Å²) in [6.07, 6.45) is 2.67. The molecule has 0 aromatic carbocycles. The molecule has 0 bridgehead atoms. The molecule has 4 heteroatoms. The van der Waals surface area contributed by atoms with E-state index in [0.717, 1.165) is 26.2 Å². The van der Waals surface area contributed by atoms with Crippen molar-refractivity contribution >= 4 is 5.91 Å². The van der Waals surface area contributed by atoms with Crippen LogP contribution in [-0.2, 0) is 4.79 Å². The summed E-state index contributed by atoms with van der Waals surface area (Å²) < 4.78 is 0. The van der Waals surface area contributed by atoms with Gasteiger partial charge in [0.2, 0.25) is 5.91 Å². The van der Waals surface area contributed by atoms with Gasteiger partial charge in [-0.15, -0.1) is 0 Å². The topological polar surface area (TPSA) is 35.6 Å². The molecule has 2 aliphatic heterocycles. The van der Waals surface area contributed by atoms with E-state index in [2.05, 4.69) is 10.2 Å². The van der Waals surface area contributed by atoms with E-state index in [1.54, 1.807) is 6.92 Å². The number of likely N-dealkylation sites (tertiary alicyclic amines) is 1. The molecule has 0 saturated carbocycles. The number of rotatable bonds is 2. The van der Waals surface area contributed by atoms with Crippen molar-refractivity contribution < 1.29 is 4.79 Å². The average molecular weight is 211 g/mol. The second-order valence-electron chi connectivity index (χ2n) is 4.62. The van der Waals surface area contributed by atoms with E-state index in [1.165, 1.54) is 25.9 Å². The highest BCUT2D eigenvalue weighted by molar-refractivity contribution is 5.73. The minimum Gasteiger partial charge on any atom is -0.340 e. The normalized spacial score (nSPS) is 28.3. The van der Waals surface area contributed by atoms with Gasteiger partial charge in [-0.05, 0) is 25.9 Å². The summed E-state index contributed by atoms with van der Waals surface area (Å²) in [5, 5.41) is 3.50. The molecule has 2 aliphatic rings. The third kappa shape index (κ3) is 2.92. The quantitative estimate of drug-likeness (QED) is 0.693. The summed E-state index contributed by atoms with van der Waals surface area (Å²) in [4.78, 5) is 15.7. The van der Waals surface area contributed by atoms with Crippen molar-refractivity contribution in [2.24, 2.45) is 0 Å². The van der Waals surface area contributed by atoms with Crippen molar-refractivity contribution in [2.45, 2.75) is 25.8 Å². The van der Waals surface area contributed by atoms with E-state index in [9.17, 15) is 4.79 Å². The molecule has 0 radical (unpaired) electrons. The van der Waals surface area contributed by atoms with Gasteiger partial charge in [-0.2, -0.15) is 0 Å². The number of hydrogen-bond donors (Lipinski definition) is 1. The van der Waals surface area contributed by atoms with Crippen LogP contribution in [0.1, 0.15) is 19.8 Å². The molecule has 2 rings (SSSR count). The fourth-order valence-electron chi connectivity index (χ4n) is 2.51. The van der Waals surface area contributed by atoms with E-state index in [4.69, 9.17) is 0 Å². The highest BCUT2D eigenvalue weighted by Gasteiger charge is 2.23. The lowest BCUT2D eigenvalue weighted by Gasteiger charge is -2.35.